The van der Waals surface area contributed by atoms with Crippen LogP contribution in [0.5, 0.6) is 0 Å². The summed E-state index contributed by atoms with van der Waals surface area (Å²) < 4.78 is 14.4. The zero-order valence-corrected chi connectivity index (χ0v) is 12.0. The molecule has 2 aromatic carbocycles. The molecular weight excluding hydrogens is 342 g/mol. The average molecular weight is 348 g/mol. The summed E-state index contributed by atoms with van der Waals surface area (Å²) in [5, 5.41) is 0.509. The van der Waals surface area contributed by atoms with Gasteiger partial charge in [0, 0.05) is 15.1 Å². The van der Waals surface area contributed by atoms with E-state index in [1.54, 1.807) is 18.2 Å². The van der Waals surface area contributed by atoms with Crippen molar-refractivity contribution in [2.75, 3.05) is 0 Å². The van der Waals surface area contributed by atoms with Crippen molar-refractivity contribution in [1.29, 1.82) is 0 Å². The van der Waals surface area contributed by atoms with Crippen LogP contribution in [-0.4, -0.2) is 5.78 Å². The molecule has 0 saturated carbocycles. The molecule has 0 spiro atoms. The van der Waals surface area contributed by atoms with Gasteiger partial charge in [0.05, 0.1) is 10.6 Å². The van der Waals surface area contributed by atoms with Crippen LogP contribution in [0.2, 0.25) is 10.0 Å². The number of hydrogen-bond acceptors (Lipinski definition) is 1. The highest BCUT2D eigenvalue weighted by molar-refractivity contribution is 9.10. The minimum absolute atomic E-state index is 0.0522. The topological polar surface area (TPSA) is 17.1 Å². The lowest BCUT2D eigenvalue weighted by Gasteiger charge is -2.05. The van der Waals surface area contributed by atoms with Gasteiger partial charge in [0.2, 0.25) is 0 Å². The van der Waals surface area contributed by atoms with Gasteiger partial charge in [-0.15, -0.1) is 0 Å². The van der Waals surface area contributed by atoms with Crippen LogP contribution in [0.15, 0.2) is 40.9 Å². The molecule has 0 aromatic heterocycles. The molecule has 1 nitrogen and oxygen atoms in total. The molecule has 0 fully saturated rings. The van der Waals surface area contributed by atoms with Gasteiger partial charge in [-0.25, -0.2) is 4.39 Å². The highest BCUT2D eigenvalue weighted by Gasteiger charge is 2.17. The zero-order valence-electron chi connectivity index (χ0n) is 8.88. The molecule has 0 aliphatic rings. The van der Waals surface area contributed by atoms with Crippen LogP contribution in [0.1, 0.15) is 15.9 Å². The van der Waals surface area contributed by atoms with Crippen molar-refractivity contribution in [2.24, 2.45) is 0 Å². The standard InChI is InChI=1S/C13H6BrCl2FO/c14-7-1-3-9(11(16)5-7)13(18)10-4-2-8(15)6-12(10)17/h1-6H. The summed E-state index contributed by atoms with van der Waals surface area (Å²) in [6.45, 7) is 0. The smallest absolute Gasteiger partial charge is 0.197 e. The Morgan fingerprint density at radius 2 is 1.72 bits per heavy atom. The lowest BCUT2D eigenvalue weighted by atomic mass is 10.0. The van der Waals surface area contributed by atoms with E-state index in [9.17, 15) is 9.18 Å². The molecule has 0 amide bonds. The van der Waals surface area contributed by atoms with Crippen LogP contribution < -0.4 is 0 Å². The average Bonchev–Trinajstić information content (AvgIpc) is 2.28. The Morgan fingerprint density at radius 1 is 1.06 bits per heavy atom. The van der Waals surface area contributed by atoms with Gasteiger partial charge in [0.1, 0.15) is 5.82 Å². The molecule has 5 heteroatoms. The number of hydrogen-bond donors (Lipinski definition) is 0. The van der Waals surface area contributed by atoms with Crippen molar-refractivity contribution in [2.45, 2.75) is 0 Å². The van der Waals surface area contributed by atoms with Gasteiger partial charge in [-0.3, -0.25) is 4.79 Å². The summed E-state index contributed by atoms with van der Waals surface area (Å²) in [4.78, 5) is 12.1. The predicted octanol–water partition coefficient (Wildman–Crippen LogP) is 5.13. The van der Waals surface area contributed by atoms with Gasteiger partial charge in [-0.2, -0.15) is 0 Å². The Kier molecular flexibility index (Phi) is 4.05. The lowest BCUT2D eigenvalue weighted by Crippen LogP contribution is -2.05. The first-order valence-corrected chi connectivity index (χ1v) is 6.49. The summed E-state index contributed by atoms with van der Waals surface area (Å²) >= 11 is 14.8. The van der Waals surface area contributed by atoms with Crippen molar-refractivity contribution < 1.29 is 9.18 Å². The minimum Gasteiger partial charge on any atom is -0.288 e. The van der Waals surface area contributed by atoms with Crippen molar-refractivity contribution >= 4 is 44.9 Å². The van der Waals surface area contributed by atoms with Crippen molar-refractivity contribution in [3.05, 3.63) is 67.9 Å². The van der Waals surface area contributed by atoms with Gasteiger partial charge in [-0.05, 0) is 36.4 Å². The first kappa shape index (κ1) is 13.5. The third-order valence-electron chi connectivity index (χ3n) is 2.35. The van der Waals surface area contributed by atoms with E-state index in [4.69, 9.17) is 23.2 Å². The van der Waals surface area contributed by atoms with Gasteiger partial charge in [0.15, 0.2) is 5.78 Å². The molecule has 0 N–H and O–H groups in total. The fraction of sp³-hybridized carbons (Fsp3) is 0. The molecule has 2 aromatic rings. The van der Waals surface area contributed by atoms with E-state index in [1.165, 1.54) is 12.1 Å². The van der Waals surface area contributed by atoms with Crippen LogP contribution in [0, 0.1) is 5.82 Å². The fourth-order valence-electron chi connectivity index (χ4n) is 1.49. The fourth-order valence-corrected chi connectivity index (χ4v) is 2.41. The number of rotatable bonds is 2. The molecule has 0 saturated heterocycles. The summed E-state index contributed by atoms with van der Waals surface area (Å²) in [5.74, 6) is -1.13. The van der Waals surface area contributed by atoms with E-state index in [-0.39, 0.29) is 21.2 Å². The Balaban J connectivity index is 2.48. The van der Waals surface area contributed by atoms with E-state index in [0.717, 1.165) is 10.5 Å². The second-order valence-corrected chi connectivity index (χ2v) is 5.34. The van der Waals surface area contributed by atoms with Crippen LogP contribution in [-0.2, 0) is 0 Å². The highest BCUT2D eigenvalue weighted by atomic mass is 79.9. The van der Waals surface area contributed by atoms with Crippen molar-refractivity contribution in [3.8, 4) is 0 Å². The third-order valence-corrected chi connectivity index (χ3v) is 3.39. The molecule has 0 aliphatic heterocycles. The van der Waals surface area contributed by atoms with Gasteiger partial charge in [0.25, 0.3) is 0 Å². The number of carbonyl (C=O) groups excluding carboxylic acids is 1. The zero-order chi connectivity index (χ0) is 13.3. The lowest BCUT2D eigenvalue weighted by molar-refractivity contribution is 0.103. The molecular formula is C13H6BrCl2FO. The molecule has 0 atom stereocenters. The van der Waals surface area contributed by atoms with Crippen molar-refractivity contribution in [1.82, 2.24) is 0 Å². The number of ketones is 1. The normalized spacial score (nSPS) is 10.4. The van der Waals surface area contributed by atoms with Crippen LogP contribution in [0.3, 0.4) is 0 Å². The molecule has 0 radical (unpaired) electrons. The largest absolute Gasteiger partial charge is 0.288 e. The van der Waals surface area contributed by atoms with Gasteiger partial charge < -0.3 is 0 Å². The molecule has 0 heterocycles. The van der Waals surface area contributed by atoms with Crippen LogP contribution in [0.25, 0.3) is 0 Å². The molecule has 0 unspecified atom stereocenters. The Hall–Kier alpha value is -0.900. The molecule has 18 heavy (non-hydrogen) atoms. The number of carbonyl (C=O) groups is 1. The van der Waals surface area contributed by atoms with E-state index >= 15 is 0 Å². The van der Waals surface area contributed by atoms with Crippen molar-refractivity contribution in [3.63, 3.8) is 0 Å². The summed E-state index contributed by atoms with van der Waals surface area (Å²) in [6, 6.07) is 8.71. The first-order chi connectivity index (χ1) is 8.49. The first-order valence-electron chi connectivity index (χ1n) is 4.94. The van der Waals surface area contributed by atoms with E-state index < -0.39 is 11.6 Å². The van der Waals surface area contributed by atoms with Gasteiger partial charge >= 0.3 is 0 Å². The van der Waals surface area contributed by atoms with Gasteiger partial charge in [-0.1, -0.05) is 39.1 Å². The van der Waals surface area contributed by atoms with E-state index in [1.807, 2.05) is 0 Å². The number of benzene rings is 2. The monoisotopic (exact) mass is 346 g/mol. The summed E-state index contributed by atoms with van der Waals surface area (Å²) in [5.41, 5.74) is 0.199. The third kappa shape index (κ3) is 2.74. The number of halogens is 4. The molecule has 2 rings (SSSR count). The summed E-state index contributed by atoms with van der Waals surface area (Å²) in [6.07, 6.45) is 0. The van der Waals surface area contributed by atoms with Crippen LogP contribution >= 0.6 is 39.1 Å². The van der Waals surface area contributed by atoms with Crippen LogP contribution in [0.4, 0.5) is 4.39 Å². The van der Waals surface area contributed by atoms with E-state index in [0.29, 0.717) is 0 Å². The Labute approximate surface area is 122 Å². The Morgan fingerprint density at radius 3 is 2.33 bits per heavy atom. The maximum Gasteiger partial charge on any atom is 0.197 e. The highest BCUT2D eigenvalue weighted by Crippen LogP contribution is 2.25. The summed E-state index contributed by atoms with van der Waals surface area (Å²) in [7, 11) is 0. The quantitative estimate of drug-likeness (QED) is 0.688. The SMILES string of the molecule is O=C(c1ccc(Cl)cc1F)c1ccc(Br)cc1Cl. The van der Waals surface area contributed by atoms with E-state index in [2.05, 4.69) is 15.9 Å². The molecule has 0 aliphatic carbocycles. The predicted molar refractivity (Wildman–Crippen MR) is 74.0 cm³/mol. The minimum atomic E-state index is -0.661. The molecule has 92 valence electrons. The maximum atomic E-state index is 13.6. The second-order valence-electron chi connectivity index (χ2n) is 3.58. The molecule has 0 bridgehead atoms. The Bertz CT molecular complexity index is 575. The second kappa shape index (κ2) is 5.39. The maximum absolute atomic E-state index is 13.6.